The van der Waals surface area contributed by atoms with Crippen LogP contribution in [0.4, 0.5) is 10.1 Å². The number of carbonyl (C=O) groups is 1. The molecule has 0 unspecified atom stereocenters. The van der Waals surface area contributed by atoms with Crippen LogP contribution in [0.2, 0.25) is 0 Å². The van der Waals surface area contributed by atoms with Crippen molar-refractivity contribution >= 4 is 22.8 Å². The van der Waals surface area contributed by atoms with Crippen molar-refractivity contribution < 1.29 is 13.6 Å². The maximum absolute atomic E-state index is 14.3. The second-order valence-corrected chi connectivity index (χ2v) is 5.60. The fourth-order valence-corrected chi connectivity index (χ4v) is 2.52. The van der Waals surface area contributed by atoms with Crippen LogP contribution in [-0.4, -0.2) is 20.9 Å². The number of nitrogens with one attached hydrogen (secondary N) is 2. The van der Waals surface area contributed by atoms with Gasteiger partial charge in [0, 0.05) is 11.9 Å². The van der Waals surface area contributed by atoms with Crippen LogP contribution in [0.3, 0.4) is 0 Å². The Morgan fingerprint density at radius 3 is 2.96 bits per heavy atom. The molecular formula is C18H13FN4O2. The van der Waals surface area contributed by atoms with Gasteiger partial charge in [-0.1, -0.05) is 0 Å². The maximum atomic E-state index is 14.3. The molecule has 0 saturated heterocycles. The SMILES string of the molecule is Cc1cnc2nc(-c3cc(NC(=O)c4ccco4)ccc3F)[nH]c2c1. The number of aryl methyl sites for hydroxylation is 1. The average Bonchev–Trinajstić information content (AvgIpc) is 3.25. The molecule has 2 N–H and O–H groups in total. The van der Waals surface area contributed by atoms with E-state index in [-0.39, 0.29) is 11.3 Å². The van der Waals surface area contributed by atoms with Gasteiger partial charge in [-0.2, -0.15) is 0 Å². The summed E-state index contributed by atoms with van der Waals surface area (Å²) in [5.74, 6) is -0.342. The lowest BCUT2D eigenvalue weighted by Crippen LogP contribution is -2.11. The minimum Gasteiger partial charge on any atom is -0.459 e. The summed E-state index contributed by atoms with van der Waals surface area (Å²) in [5.41, 5.74) is 2.88. The zero-order chi connectivity index (χ0) is 17.4. The number of benzene rings is 1. The highest BCUT2D eigenvalue weighted by atomic mass is 19.1. The monoisotopic (exact) mass is 336 g/mol. The first-order valence-electron chi connectivity index (χ1n) is 7.57. The molecule has 0 spiro atoms. The molecule has 0 bridgehead atoms. The van der Waals surface area contributed by atoms with Crippen LogP contribution < -0.4 is 5.32 Å². The number of furan rings is 1. The molecule has 0 aliphatic rings. The molecule has 4 rings (SSSR count). The number of fused-ring (bicyclic) bond motifs is 1. The Hall–Kier alpha value is -3.48. The van der Waals surface area contributed by atoms with Crippen LogP contribution in [0.15, 0.2) is 53.3 Å². The topological polar surface area (TPSA) is 83.8 Å². The van der Waals surface area contributed by atoms with Crippen LogP contribution in [0.5, 0.6) is 0 Å². The van der Waals surface area contributed by atoms with E-state index in [1.165, 1.54) is 24.5 Å². The number of hydrogen-bond acceptors (Lipinski definition) is 4. The molecule has 0 aliphatic carbocycles. The van der Waals surface area contributed by atoms with Gasteiger partial charge in [-0.05, 0) is 48.9 Å². The van der Waals surface area contributed by atoms with E-state index in [4.69, 9.17) is 4.42 Å². The van der Waals surface area contributed by atoms with Crippen molar-refractivity contribution in [1.29, 1.82) is 0 Å². The maximum Gasteiger partial charge on any atom is 0.291 e. The third-order valence-electron chi connectivity index (χ3n) is 3.70. The number of imidazole rings is 1. The van der Waals surface area contributed by atoms with Gasteiger partial charge in [0.1, 0.15) is 11.6 Å². The van der Waals surface area contributed by atoms with E-state index in [1.54, 1.807) is 18.3 Å². The van der Waals surface area contributed by atoms with Gasteiger partial charge >= 0.3 is 0 Å². The predicted molar refractivity (Wildman–Crippen MR) is 90.7 cm³/mol. The van der Waals surface area contributed by atoms with Crippen molar-refractivity contribution in [2.24, 2.45) is 0 Å². The lowest BCUT2D eigenvalue weighted by molar-refractivity contribution is 0.0996. The second kappa shape index (κ2) is 5.86. The van der Waals surface area contributed by atoms with E-state index in [9.17, 15) is 9.18 Å². The lowest BCUT2D eigenvalue weighted by Gasteiger charge is -2.06. The van der Waals surface area contributed by atoms with Crippen LogP contribution in [0.1, 0.15) is 16.1 Å². The van der Waals surface area contributed by atoms with Crippen molar-refractivity contribution in [3.63, 3.8) is 0 Å². The number of anilines is 1. The number of rotatable bonds is 3. The van der Waals surface area contributed by atoms with E-state index in [1.807, 2.05) is 13.0 Å². The molecule has 0 fully saturated rings. The number of amides is 1. The number of carbonyl (C=O) groups excluding carboxylic acids is 1. The zero-order valence-electron chi connectivity index (χ0n) is 13.2. The first-order chi connectivity index (χ1) is 12.1. The quantitative estimate of drug-likeness (QED) is 0.594. The number of aromatic amines is 1. The van der Waals surface area contributed by atoms with Gasteiger partial charge in [0.05, 0.1) is 17.3 Å². The third kappa shape index (κ3) is 2.87. The van der Waals surface area contributed by atoms with Crippen molar-refractivity contribution in [1.82, 2.24) is 15.0 Å². The van der Waals surface area contributed by atoms with Gasteiger partial charge in [0.15, 0.2) is 11.4 Å². The smallest absolute Gasteiger partial charge is 0.291 e. The van der Waals surface area contributed by atoms with E-state index >= 15 is 0 Å². The number of aromatic nitrogens is 3. The summed E-state index contributed by atoms with van der Waals surface area (Å²) in [6, 6.07) is 9.32. The van der Waals surface area contributed by atoms with Crippen LogP contribution >= 0.6 is 0 Å². The summed E-state index contributed by atoms with van der Waals surface area (Å²) in [7, 11) is 0. The summed E-state index contributed by atoms with van der Waals surface area (Å²) in [6.07, 6.45) is 3.11. The van der Waals surface area contributed by atoms with Crippen LogP contribution in [0.25, 0.3) is 22.6 Å². The normalized spacial score (nSPS) is 11.0. The predicted octanol–water partition coefficient (Wildman–Crippen LogP) is 3.92. The summed E-state index contributed by atoms with van der Waals surface area (Å²) >= 11 is 0. The Morgan fingerprint density at radius 1 is 1.28 bits per heavy atom. The van der Waals surface area contributed by atoms with Gasteiger partial charge in [0.25, 0.3) is 5.91 Å². The third-order valence-corrected chi connectivity index (χ3v) is 3.70. The van der Waals surface area contributed by atoms with Crippen LogP contribution in [-0.2, 0) is 0 Å². The van der Waals surface area contributed by atoms with Gasteiger partial charge in [-0.3, -0.25) is 4.79 Å². The molecule has 1 aromatic carbocycles. The molecule has 3 aromatic heterocycles. The molecule has 0 aliphatic heterocycles. The molecule has 6 nitrogen and oxygen atoms in total. The summed E-state index contributed by atoms with van der Waals surface area (Å²) < 4.78 is 19.3. The molecule has 124 valence electrons. The Balaban J connectivity index is 1.70. The van der Waals surface area contributed by atoms with Crippen molar-refractivity contribution in [3.05, 3.63) is 66.0 Å². The molecule has 4 aromatic rings. The molecule has 3 heterocycles. The Labute approximate surface area is 141 Å². The molecule has 25 heavy (non-hydrogen) atoms. The second-order valence-electron chi connectivity index (χ2n) is 5.60. The van der Waals surface area contributed by atoms with Crippen molar-refractivity contribution in [2.45, 2.75) is 6.92 Å². The van der Waals surface area contributed by atoms with Crippen molar-refractivity contribution in [3.8, 4) is 11.4 Å². The van der Waals surface area contributed by atoms with Crippen LogP contribution in [0, 0.1) is 12.7 Å². The largest absolute Gasteiger partial charge is 0.459 e. The highest BCUT2D eigenvalue weighted by molar-refractivity contribution is 6.02. The lowest BCUT2D eigenvalue weighted by atomic mass is 10.1. The standard InChI is InChI=1S/C18H13FN4O2/c1-10-7-14-17(20-9-10)23-16(22-14)12-8-11(4-5-13(12)19)21-18(24)15-3-2-6-25-15/h2-9H,1H3,(H,21,24)(H,20,22,23). The number of H-pyrrole nitrogens is 1. The highest BCUT2D eigenvalue weighted by Crippen LogP contribution is 2.26. The first kappa shape index (κ1) is 15.1. The number of pyridine rings is 1. The Morgan fingerprint density at radius 2 is 2.16 bits per heavy atom. The van der Waals surface area contributed by atoms with E-state index in [0.717, 1.165) is 11.1 Å². The fraction of sp³-hybridized carbons (Fsp3) is 0.0556. The van der Waals surface area contributed by atoms with Gasteiger partial charge in [0.2, 0.25) is 0 Å². The summed E-state index contributed by atoms with van der Waals surface area (Å²) in [4.78, 5) is 23.6. The van der Waals surface area contributed by atoms with E-state index in [0.29, 0.717) is 17.2 Å². The highest BCUT2D eigenvalue weighted by Gasteiger charge is 2.14. The number of hydrogen-bond donors (Lipinski definition) is 2. The molecule has 0 atom stereocenters. The van der Waals surface area contributed by atoms with Crippen molar-refractivity contribution in [2.75, 3.05) is 5.32 Å². The minimum absolute atomic E-state index is 0.175. The fourth-order valence-electron chi connectivity index (χ4n) is 2.52. The molecule has 0 saturated carbocycles. The molecule has 0 radical (unpaired) electrons. The summed E-state index contributed by atoms with van der Waals surface area (Å²) in [6.45, 7) is 1.92. The van der Waals surface area contributed by atoms with Gasteiger partial charge in [-0.15, -0.1) is 0 Å². The van der Waals surface area contributed by atoms with Gasteiger partial charge in [-0.25, -0.2) is 14.4 Å². The zero-order valence-corrected chi connectivity index (χ0v) is 13.2. The Bertz CT molecular complexity index is 1070. The summed E-state index contributed by atoms with van der Waals surface area (Å²) in [5, 5.41) is 2.67. The molecule has 7 heteroatoms. The van der Waals surface area contributed by atoms with E-state index in [2.05, 4.69) is 20.3 Å². The number of nitrogens with zero attached hydrogens (tertiary/aromatic N) is 2. The molecule has 1 amide bonds. The molecular weight excluding hydrogens is 323 g/mol. The van der Waals surface area contributed by atoms with Gasteiger partial charge < -0.3 is 14.7 Å². The first-order valence-corrected chi connectivity index (χ1v) is 7.57. The Kier molecular flexibility index (Phi) is 3.53. The van der Waals surface area contributed by atoms with E-state index < -0.39 is 11.7 Å². The average molecular weight is 336 g/mol. The minimum atomic E-state index is -0.452. The number of halogens is 1.